The van der Waals surface area contributed by atoms with Gasteiger partial charge in [0, 0.05) is 25.0 Å². The van der Waals surface area contributed by atoms with Gasteiger partial charge in [-0.05, 0) is 22.9 Å². The molecule has 0 aliphatic heterocycles. The zero-order valence-electron chi connectivity index (χ0n) is 8.65. The lowest BCUT2D eigenvalue weighted by molar-refractivity contribution is -0.0756. The quantitative estimate of drug-likeness (QED) is 0.758. The van der Waals surface area contributed by atoms with Crippen LogP contribution >= 0.6 is 0 Å². The van der Waals surface area contributed by atoms with E-state index in [2.05, 4.69) is 4.98 Å². The van der Waals surface area contributed by atoms with Gasteiger partial charge in [0.25, 0.3) is 5.91 Å². The highest BCUT2D eigenvalue weighted by Gasteiger charge is 2.11. The van der Waals surface area contributed by atoms with Crippen LogP contribution in [-0.2, 0) is 4.84 Å². The van der Waals surface area contributed by atoms with E-state index in [1.54, 1.807) is 13.1 Å². The summed E-state index contributed by atoms with van der Waals surface area (Å²) in [4.78, 5) is 19.6. The minimum atomic E-state index is -0.152. The molecule has 0 bridgehead atoms. The molecular weight excluding hydrogens is 192 g/mol. The Hall–Kier alpha value is -1.81. The summed E-state index contributed by atoms with van der Waals surface area (Å²) in [5.74, 6) is -0.152. The van der Waals surface area contributed by atoms with Crippen LogP contribution < -0.4 is 0 Å². The largest absolute Gasteiger partial charge is 0.366 e. The Morgan fingerprint density at radius 3 is 2.80 bits per heavy atom. The molecule has 0 fully saturated rings. The number of aromatic nitrogens is 1. The number of nitrogens with one attached hydrogen (secondary N) is 1. The van der Waals surface area contributed by atoms with Crippen LogP contribution in [0.15, 0.2) is 30.6 Å². The zero-order valence-corrected chi connectivity index (χ0v) is 8.65. The summed E-state index contributed by atoms with van der Waals surface area (Å²) in [6.07, 6.45) is 3.75. The summed E-state index contributed by atoms with van der Waals surface area (Å²) in [6, 6.07) is 5.53. The Labute approximate surface area is 87.4 Å². The molecule has 0 atom stereocenters. The molecular formula is C11H12N2O2. The van der Waals surface area contributed by atoms with Gasteiger partial charge in [0.05, 0.1) is 7.11 Å². The minimum absolute atomic E-state index is 0.152. The number of amides is 1. The van der Waals surface area contributed by atoms with E-state index in [1.165, 1.54) is 12.2 Å². The third-order valence-electron chi connectivity index (χ3n) is 2.37. The van der Waals surface area contributed by atoms with E-state index in [0.29, 0.717) is 5.56 Å². The molecule has 1 heterocycles. The molecule has 0 saturated carbocycles. The molecule has 78 valence electrons. The molecule has 1 N–H and O–H groups in total. The lowest BCUT2D eigenvalue weighted by Gasteiger charge is -2.13. The van der Waals surface area contributed by atoms with E-state index in [-0.39, 0.29) is 5.91 Å². The first-order valence-corrected chi connectivity index (χ1v) is 4.61. The molecule has 4 heteroatoms. The third-order valence-corrected chi connectivity index (χ3v) is 2.37. The van der Waals surface area contributed by atoms with Crippen molar-refractivity contribution in [2.75, 3.05) is 14.2 Å². The Balaban J connectivity index is 2.39. The highest BCUT2D eigenvalue weighted by atomic mass is 16.7. The monoisotopic (exact) mass is 204 g/mol. The number of aromatic amines is 1. The molecule has 0 spiro atoms. The van der Waals surface area contributed by atoms with Crippen LogP contribution in [-0.4, -0.2) is 30.1 Å². The first kappa shape index (κ1) is 9.73. The Morgan fingerprint density at radius 2 is 2.07 bits per heavy atom. The number of rotatable bonds is 2. The van der Waals surface area contributed by atoms with Crippen molar-refractivity contribution in [1.82, 2.24) is 10.0 Å². The molecule has 4 nitrogen and oxygen atoms in total. The Kier molecular flexibility index (Phi) is 2.43. The van der Waals surface area contributed by atoms with Gasteiger partial charge in [0.1, 0.15) is 0 Å². The predicted octanol–water partition coefficient (Wildman–Crippen LogP) is 1.80. The smallest absolute Gasteiger partial charge is 0.277 e. The fourth-order valence-corrected chi connectivity index (χ4v) is 1.45. The van der Waals surface area contributed by atoms with E-state index in [1.807, 2.05) is 24.5 Å². The molecule has 0 unspecified atom stereocenters. The first-order chi connectivity index (χ1) is 7.22. The SMILES string of the molecule is CON(C)C(=O)c1ccc2c[nH]cc2c1. The lowest BCUT2D eigenvalue weighted by Crippen LogP contribution is -2.25. The second-order valence-electron chi connectivity index (χ2n) is 3.28. The van der Waals surface area contributed by atoms with Gasteiger partial charge < -0.3 is 4.98 Å². The molecule has 0 aliphatic carbocycles. The summed E-state index contributed by atoms with van der Waals surface area (Å²) in [5.41, 5.74) is 0.617. The van der Waals surface area contributed by atoms with Gasteiger partial charge in [-0.2, -0.15) is 0 Å². The molecule has 0 saturated heterocycles. The number of fused-ring (bicyclic) bond motifs is 1. The maximum absolute atomic E-state index is 11.7. The second-order valence-corrected chi connectivity index (χ2v) is 3.28. The van der Waals surface area contributed by atoms with E-state index in [4.69, 9.17) is 4.84 Å². The summed E-state index contributed by atoms with van der Waals surface area (Å²) in [7, 11) is 3.05. The molecule has 1 aromatic carbocycles. The summed E-state index contributed by atoms with van der Waals surface area (Å²) >= 11 is 0. The fraction of sp³-hybridized carbons (Fsp3) is 0.182. The van der Waals surface area contributed by atoms with Crippen LogP contribution in [0, 0.1) is 0 Å². The Bertz CT molecular complexity index is 490. The summed E-state index contributed by atoms with van der Waals surface area (Å²) < 4.78 is 0. The molecule has 15 heavy (non-hydrogen) atoms. The van der Waals surface area contributed by atoms with Crippen LogP contribution in [0.1, 0.15) is 10.4 Å². The van der Waals surface area contributed by atoms with Crippen LogP contribution in [0.4, 0.5) is 0 Å². The average molecular weight is 204 g/mol. The van der Waals surface area contributed by atoms with Gasteiger partial charge in [-0.15, -0.1) is 0 Å². The number of hydrogen-bond donors (Lipinski definition) is 1. The standard InChI is InChI=1S/C11H12N2O2/c1-13(15-2)11(14)8-3-4-9-6-12-7-10(9)5-8/h3-7,12H,1-2H3. The van der Waals surface area contributed by atoms with Crippen LogP contribution in [0.2, 0.25) is 0 Å². The van der Waals surface area contributed by atoms with Gasteiger partial charge in [-0.25, -0.2) is 5.06 Å². The van der Waals surface area contributed by atoms with E-state index >= 15 is 0 Å². The fourth-order valence-electron chi connectivity index (χ4n) is 1.45. The van der Waals surface area contributed by atoms with Crippen LogP contribution in [0.25, 0.3) is 10.8 Å². The summed E-state index contributed by atoms with van der Waals surface area (Å²) in [5, 5.41) is 3.31. The maximum Gasteiger partial charge on any atom is 0.277 e. The van der Waals surface area contributed by atoms with Gasteiger partial charge in [-0.3, -0.25) is 9.63 Å². The number of hydrogen-bond acceptors (Lipinski definition) is 2. The highest BCUT2D eigenvalue weighted by Crippen LogP contribution is 2.16. The highest BCUT2D eigenvalue weighted by molar-refractivity contribution is 5.97. The first-order valence-electron chi connectivity index (χ1n) is 4.61. The number of carbonyl (C=O) groups is 1. The molecule has 2 aromatic rings. The van der Waals surface area contributed by atoms with Crippen molar-refractivity contribution in [2.24, 2.45) is 0 Å². The predicted molar refractivity (Wildman–Crippen MR) is 57.4 cm³/mol. The van der Waals surface area contributed by atoms with Gasteiger partial charge in [0.15, 0.2) is 0 Å². The zero-order chi connectivity index (χ0) is 10.8. The molecule has 1 amide bonds. The van der Waals surface area contributed by atoms with Crippen molar-refractivity contribution in [1.29, 1.82) is 0 Å². The van der Waals surface area contributed by atoms with Crippen molar-refractivity contribution in [3.63, 3.8) is 0 Å². The lowest BCUT2D eigenvalue weighted by atomic mass is 10.1. The van der Waals surface area contributed by atoms with Crippen molar-refractivity contribution in [3.05, 3.63) is 36.2 Å². The number of hydroxylamine groups is 2. The van der Waals surface area contributed by atoms with Crippen molar-refractivity contribution in [3.8, 4) is 0 Å². The van der Waals surface area contributed by atoms with Crippen molar-refractivity contribution >= 4 is 16.7 Å². The molecule has 0 aliphatic rings. The van der Waals surface area contributed by atoms with Gasteiger partial charge >= 0.3 is 0 Å². The average Bonchev–Trinajstić information content (AvgIpc) is 2.73. The number of nitrogens with zero attached hydrogens (tertiary/aromatic N) is 1. The number of carbonyl (C=O) groups excluding carboxylic acids is 1. The van der Waals surface area contributed by atoms with E-state index < -0.39 is 0 Å². The summed E-state index contributed by atoms with van der Waals surface area (Å²) in [6.45, 7) is 0. The Morgan fingerprint density at radius 1 is 1.33 bits per heavy atom. The number of benzene rings is 1. The topological polar surface area (TPSA) is 45.3 Å². The minimum Gasteiger partial charge on any atom is -0.366 e. The second kappa shape index (κ2) is 3.74. The normalized spacial score (nSPS) is 10.5. The van der Waals surface area contributed by atoms with Gasteiger partial charge in [-0.1, -0.05) is 6.07 Å². The van der Waals surface area contributed by atoms with Crippen molar-refractivity contribution in [2.45, 2.75) is 0 Å². The van der Waals surface area contributed by atoms with Crippen molar-refractivity contribution < 1.29 is 9.63 Å². The molecule has 0 radical (unpaired) electrons. The number of H-pyrrole nitrogens is 1. The van der Waals surface area contributed by atoms with Gasteiger partial charge in [0.2, 0.25) is 0 Å². The molecule has 2 rings (SSSR count). The third kappa shape index (κ3) is 1.71. The van der Waals surface area contributed by atoms with E-state index in [9.17, 15) is 4.79 Å². The van der Waals surface area contributed by atoms with Crippen LogP contribution in [0.3, 0.4) is 0 Å². The van der Waals surface area contributed by atoms with Crippen LogP contribution in [0.5, 0.6) is 0 Å². The van der Waals surface area contributed by atoms with E-state index in [0.717, 1.165) is 10.8 Å². The molecule has 1 aromatic heterocycles. The maximum atomic E-state index is 11.7.